The summed E-state index contributed by atoms with van der Waals surface area (Å²) in [7, 11) is -4.08. The molecule has 2 heterocycles. The highest BCUT2D eigenvalue weighted by Crippen LogP contribution is 2.64. The Morgan fingerprint density at radius 1 is 1.34 bits per heavy atom. The van der Waals surface area contributed by atoms with Crippen molar-refractivity contribution in [1.82, 2.24) is 19.5 Å². The van der Waals surface area contributed by atoms with E-state index in [4.69, 9.17) is 10.3 Å². The number of anilines is 1. The Morgan fingerprint density at radius 2 is 2.03 bits per heavy atom. The van der Waals surface area contributed by atoms with Crippen LogP contribution in [0.15, 0.2) is 23.3 Å². The van der Waals surface area contributed by atoms with Gasteiger partial charge in [0.2, 0.25) is 5.95 Å². The second-order valence-electron chi connectivity index (χ2n) is 10.4. The minimum absolute atomic E-state index is 0.00659. The molecule has 0 amide bonds. The highest BCUT2D eigenvalue weighted by Gasteiger charge is 2.65. The van der Waals surface area contributed by atoms with Crippen LogP contribution in [0, 0.1) is 22.7 Å². The molecule has 35 heavy (non-hydrogen) atoms. The third-order valence-electron chi connectivity index (χ3n) is 8.38. The monoisotopic (exact) mass is 509 g/mol. The second-order valence-corrected chi connectivity index (χ2v) is 11.8. The Bertz CT molecular complexity index is 1350. The van der Waals surface area contributed by atoms with Crippen LogP contribution in [0.3, 0.4) is 0 Å². The number of nitrogen functional groups attached to an aromatic ring is 1. The number of nitrogens with two attached hydrogens (primary N) is 1. The molecular formula is C22H31N5O7S. The van der Waals surface area contributed by atoms with E-state index in [-0.39, 0.29) is 47.1 Å². The first-order chi connectivity index (χ1) is 16.2. The summed E-state index contributed by atoms with van der Waals surface area (Å²) in [6.45, 7) is 7.66. The molecule has 192 valence electrons. The van der Waals surface area contributed by atoms with Crippen LogP contribution in [-0.4, -0.2) is 66.9 Å². The van der Waals surface area contributed by atoms with Crippen molar-refractivity contribution in [3.63, 3.8) is 0 Å². The van der Waals surface area contributed by atoms with Gasteiger partial charge in [-0.1, -0.05) is 20.4 Å². The molecule has 3 fully saturated rings. The molecule has 12 nitrogen and oxygen atoms in total. The third kappa shape index (κ3) is 4.09. The molecule has 2 aromatic rings. The number of rotatable bonds is 4. The van der Waals surface area contributed by atoms with Gasteiger partial charge in [0.1, 0.15) is 5.78 Å². The van der Waals surface area contributed by atoms with Gasteiger partial charge < -0.3 is 20.5 Å². The number of nitrogens with zero attached hydrogens (tertiary/aromatic N) is 3. The number of ketones is 1. The third-order valence-corrected chi connectivity index (χ3v) is 9.24. The van der Waals surface area contributed by atoms with Crippen molar-refractivity contribution in [2.45, 2.75) is 51.7 Å². The van der Waals surface area contributed by atoms with Gasteiger partial charge in [-0.25, -0.2) is 4.98 Å². The first-order valence-corrected chi connectivity index (χ1v) is 13.0. The van der Waals surface area contributed by atoms with E-state index in [1.165, 1.54) is 6.33 Å². The molecule has 3 aliphatic rings. The van der Waals surface area contributed by atoms with Gasteiger partial charge >= 0.3 is 0 Å². The minimum atomic E-state index is -4.08. The van der Waals surface area contributed by atoms with Crippen molar-refractivity contribution in [3.05, 3.63) is 28.8 Å². The van der Waals surface area contributed by atoms with Gasteiger partial charge in [-0.05, 0) is 36.2 Å². The Hall–Kier alpha value is -2.61. The summed E-state index contributed by atoms with van der Waals surface area (Å²) >= 11 is 0. The number of hydrogen-bond donors (Lipinski definition) is 5. The van der Waals surface area contributed by atoms with E-state index in [0.717, 1.165) is 6.42 Å². The van der Waals surface area contributed by atoms with E-state index in [2.05, 4.69) is 21.5 Å². The Balaban J connectivity index is 0.000000172. The maximum atomic E-state index is 11.9. The first-order valence-electron chi connectivity index (χ1n) is 11.4. The summed E-state index contributed by atoms with van der Waals surface area (Å²) in [5.74, 6) is -0.473. The lowest BCUT2D eigenvalue weighted by molar-refractivity contribution is -0.128. The fraction of sp³-hybridized carbons (Fsp3) is 0.636. The SMILES string of the molecule is C=C1[C@H](CO)[C@@H](O)C[C@@H]1n1cnc2c(=O)[nH]c(N)nc21.CC1(C)C2CC[C@@]1(CS(=O)(=O)O)C(=O)C2. The van der Waals surface area contributed by atoms with E-state index in [1.54, 1.807) is 4.57 Å². The molecule has 3 aliphatic carbocycles. The predicted molar refractivity (Wildman–Crippen MR) is 127 cm³/mol. The number of nitrogens with one attached hydrogen (secondary N) is 1. The molecular weight excluding hydrogens is 478 g/mol. The van der Waals surface area contributed by atoms with Gasteiger partial charge in [0.05, 0.1) is 36.2 Å². The van der Waals surface area contributed by atoms with Crippen LogP contribution in [0.1, 0.15) is 45.6 Å². The number of aromatic nitrogens is 4. The molecule has 5 rings (SSSR count). The maximum Gasteiger partial charge on any atom is 0.280 e. The maximum absolute atomic E-state index is 11.9. The summed E-state index contributed by atoms with van der Waals surface area (Å²) in [6, 6.07) is -0.263. The van der Waals surface area contributed by atoms with Crippen molar-refractivity contribution in [2.24, 2.45) is 22.7 Å². The van der Waals surface area contributed by atoms with Crippen LogP contribution < -0.4 is 11.3 Å². The number of hydrogen-bond acceptors (Lipinski definition) is 9. The van der Waals surface area contributed by atoms with Gasteiger partial charge in [0, 0.05) is 12.3 Å². The molecule has 0 saturated heterocycles. The quantitative estimate of drug-likeness (QED) is 0.284. The van der Waals surface area contributed by atoms with Gasteiger partial charge in [0.25, 0.3) is 15.7 Å². The fourth-order valence-electron chi connectivity index (χ4n) is 6.16. The molecule has 0 aliphatic heterocycles. The number of H-pyrrole nitrogens is 1. The van der Waals surface area contributed by atoms with Crippen LogP contribution in [0.5, 0.6) is 0 Å². The summed E-state index contributed by atoms with van der Waals surface area (Å²) in [6.07, 6.45) is 3.17. The molecule has 0 aromatic carbocycles. The Labute approximate surface area is 202 Å². The predicted octanol–water partition coefficient (Wildman–Crippen LogP) is 0.442. The van der Waals surface area contributed by atoms with Crippen molar-refractivity contribution >= 4 is 33.0 Å². The van der Waals surface area contributed by atoms with E-state index < -0.39 is 32.9 Å². The molecule has 0 spiro atoms. The number of Topliss-reactive ketones (excluding diaryl/α,β-unsaturated/α-hetero) is 1. The topological polar surface area (TPSA) is 201 Å². The lowest BCUT2D eigenvalue weighted by atomic mass is 9.70. The molecule has 3 saturated carbocycles. The highest BCUT2D eigenvalue weighted by atomic mass is 32.2. The van der Waals surface area contributed by atoms with Crippen LogP contribution >= 0.6 is 0 Å². The molecule has 1 unspecified atom stereocenters. The average Bonchev–Trinajstić information content (AvgIpc) is 3.39. The highest BCUT2D eigenvalue weighted by molar-refractivity contribution is 7.85. The van der Waals surface area contributed by atoms with Gasteiger partial charge in [0.15, 0.2) is 11.2 Å². The molecule has 6 N–H and O–H groups in total. The van der Waals surface area contributed by atoms with Crippen molar-refractivity contribution in [3.8, 4) is 0 Å². The Kier molecular flexibility index (Phi) is 6.19. The van der Waals surface area contributed by atoms with Crippen LogP contribution in [0.25, 0.3) is 11.2 Å². The second kappa shape index (κ2) is 8.50. The lowest BCUT2D eigenvalue weighted by Gasteiger charge is -2.35. The largest absolute Gasteiger partial charge is 0.396 e. The fourth-order valence-corrected chi connectivity index (χ4v) is 7.46. The van der Waals surface area contributed by atoms with E-state index >= 15 is 0 Å². The van der Waals surface area contributed by atoms with Crippen molar-refractivity contribution in [1.29, 1.82) is 0 Å². The van der Waals surface area contributed by atoms with E-state index in [9.17, 15) is 28.2 Å². The van der Waals surface area contributed by atoms with Gasteiger partial charge in [-0.15, -0.1) is 0 Å². The first kappa shape index (κ1) is 25.5. The number of carbonyl (C=O) groups excluding carboxylic acids is 1. The summed E-state index contributed by atoms with van der Waals surface area (Å²) in [5, 5.41) is 19.2. The van der Waals surface area contributed by atoms with Crippen LogP contribution in [-0.2, 0) is 14.9 Å². The number of fused-ring (bicyclic) bond motifs is 3. The molecule has 2 bridgehead atoms. The average molecular weight is 510 g/mol. The zero-order valence-electron chi connectivity index (χ0n) is 19.6. The van der Waals surface area contributed by atoms with Gasteiger partial charge in [-0.2, -0.15) is 13.4 Å². The van der Waals surface area contributed by atoms with Crippen LogP contribution in [0.4, 0.5) is 5.95 Å². The molecule has 0 radical (unpaired) electrons. The number of aliphatic hydroxyl groups is 2. The van der Waals surface area contributed by atoms with Gasteiger partial charge in [-0.3, -0.25) is 19.1 Å². The zero-order valence-corrected chi connectivity index (χ0v) is 20.5. The Morgan fingerprint density at radius 3 is 2.54 bits per heavy atom. The number of imidazole rings is 1. The van der Waals surface area contributed by atoms with E-state index in [0.29, 0.717) is 30.5 Å². The number of aromatic amines is 1. The zero-order chi connectivity index (χ0) is 25.9. The lowest BCUT2D eigenvalue weighted by Crippen LogP contribution is -2.42. The summed E-state index contributed by atoms with van der Waals surface area (Å²) in [5.41, 5.74) is 5.25. The standard InChI is InChI=1S/C12H15N5O3.C10H16O4S/c1-5-6(3-18)8(19)2-7(5)17-4-14-9-10(17)15-12(13)16-11(9)20;1-9(2)7-3-4-10(9,8(11)5-7)6-15(12,13)14/h4,6-8,18-19H,1-3H2,(H3,13,15,16,20);7H,3-6H2,1-2H3,(H,12,13,14)/t6-,7-,8-;7?,10-/m01/s1. The van der Waals surface area contributed by atoms with Crippen molar-refractivity contribution in [2.75, 3.05) is 18.1 Å². The molecule has 2 aromatic heterocycles. The minimum Gasteiger partial charge on any atom is -0.396 e. The summed E-state index contributed by atoms with van der Waals surface area (Å²) in [4.78, 5) is 34.1. The van der Waals surface area contributed by atoms with Crippen molar-refractivity contribution < 1.29 is 28.0 Å². The summed E-state index contributed by atoms with van der Waals surface area (Å²) < 4.78 is 32.6. The molecule has 13 heteroatoms. The molecule has 5 atom stereocenters. The normalized spacial score (nSPS) is 31.7. The number of aliphatic hydroxyl groups excluding tert-OH is 2. The number of carbonyl (C=O) groups is 1. The van der Waals surface area contributed by atoms with Crippen LogP contribution in [0.2, 0.25) is 0 Å². The van der Waals surface area contributed by atoms with E-state index in [1.807, 2.05) is 13.8 Å². The smallest absolute Gasteiger partial charge is 0.280 e.